The molecule has 0 heterocycles. The Morgan fingerprint density at radius 3 is 1.19 bits per heavy atom. The van der Waals surface area contributed by atoms with Crippen molar-refractivity contribution in [2.24, 2.45) is 0 Å². The van der Waals surface area contributed by atoms with Gasteiger partial charge in [-0.05, 0) is 46.2 Å². The minimum Gasteiger partial charge on any atom is -0.497 e. The third-order valence-corrected chi connectivity index (χ3v) is 14.5. The maximum absolute atomic E-state index is 13.7. The molecule has 2 rings (SSSR count). The molecule has 4 N–H and O–H groups in total. The molecule has 14 nitrogen and oxygen atoms in total. The number of methoxy groups -OCH3 is 2. The van der Waals surface area contributed by atoms with Crippen LogP contribution in [0.2, 0.25) is 0 Å². The molecule has 0 saturated carbocycles. The van der Waals surface area contributed by atoms with E-state index < -0.39 is 46.7 Å². The third kappa shape index (κ3) is 5.97. The molecule has 0 bridgehead atoms. The highest BCUT2D eigenvalue weighted by molar-refractivity contribution is 7.72. The fraction of sp³-hybridized carbons (Fsp3) is 0.444. The molecular formula is C18H28O14P4. The van der Waals surface area contributed by atoms with Crippen molar-refractivity contribution in [2.75, 3.05) is 42.7 Å². The summed E-state index contributed by atoms with van der Waals surface area (Å²) in [6.07, 6.45) is 0. The Bertz CT molecular complexity index is 1230. The van der Waals surface area contributed by atoms with Crippen molar-refractivity contribution in [3.05, 3.63) is 35.4 Å². The van der Waals surface area contributed by atoms with E-state index in [9.17, 15) is 37.8 Å². The molecule has 0 atom stereocenters. The Morgan fingerprint density at radius 2 is 0.917 bits per heavy atom. The summed E-state index contributed by atoms with van der Waals surface area (Å²) in [6, 6.07) is 4.95. The molecule has 0 aliphatic rings. The predicted molar refractivity (Wildman–Crippen MR) is 130 cm³/mol. The largest absolute Gasteiger partial charge is 0.497 e. The van der Waals surface area contributed by atoms with Gasteiger partial charge in [0.15, 0.2) is 10.8 Å². The summed E-state index contributed by atoms with van der Waals surface area (Å²) >= 11 is 0. The monoisotopic (exact) mass is 592 g/mol. The lowest BCUT2D eigenvalue weighted by atomic mass is 9.99. The van der Waals surface area contributed by atoms with Gasteiger partial charge in [0.05, 0.1) is 14.2 Å². The van der Waals surface area contributed by atoms with Crippen LogP contribution >= 0.6 is 30.4 Å². The van der Waals surface area contributed by atoms with Crippen molar-refractivity contribution in [1.82, 2.24) is 0 Å². The molecule has 0 fully saturated rings. The highest BCUT2D eigenvalue weighted by Gasteiger charge is 2.53. The lowest BCUT2D eigenvalue weighted by Crippen LogP contribution is -2.11. The number of ether oxygens (including phenoxy) is 2. The van der Waals surface area contributed by atoms with E-state index in [0.717, 1.165) is 34.5 Å². The molecule has 0 radical (unpaired) electrons. The molecular weight excluding hydrogens is 564 g/mol. The summed E-state index contributed by atoms with van der Waals surface area (Å²) in [4.78, 5) is 39.9. The number of hydrogen-bond donors (Lipinski definition) is 4. The van der Waals surface area contributed by atoms with Crippen LogP contribution in [0, 0.1) is 0 Å². The van der Waals surface area contributed by atoms with Crippen molar-refractivity contribution >= 4 is 41.2 Å². The van der Waals surface area contributed by atoms with Gasteiger partial charge in [-0.15, -0.1) is 0 Å². The first-order valence-corrected chi connectivity index (χ1v) is 16.4. The lowest BCUT2D eigenvalue weighted by Gasteiger charge is -2.31. The molecule has 2 aromatic rings. The summed E-state index contributed by atoms with van der Waals surface area (Å²) in [5.74, 6) is 0.0617. The first-order valence-electron chi connectivity index (χ1n) is 9.79. The van der Waals surface area contributed by atoms with Crippen LogP contribution in [0.4, 0.5) is 0 Å². The second-order valence-corrected chi connectivity index (χ2v) is 16.1. The van der Waals surface area contributed by atoms with E-state index in [-0.39, 0.29) is 27.8 Å². The Hall–Kier alpha value is -1.10. The first-order chi connectivity index (χ1) is 16.6. The van der Waals surface area contributed by atoms with Crippen LogP contribution in [-0.2, 0) is 36.4 Å². The number of rotatable bonds is 12. The van der Waals surface area contributed by atoms with Gasteiger partial charge in [-0.25, -0.2) is 0 Å². The van der Waals surface area contributed by atoms with E-state index in [1.165, 1.54) is 32.4 Å². The van der Waals surface area contributed by atoms with Crippen LogP contribution in [-0.4, -0.2) is 62.2 Å². The average molecular weight is 592 g/mol. The molecule has 0 amide bonds. The van der Waals surface area contributed by atoms with Gasteiger partial charge in [-0.3, -0.25) is 18.3 Å². The molecule has 36 heavy (non-hydrogen) atoms. The van der Waals surface area contributed by atoms with E-state index >= 15 is 0 Å². The average Bonchev–Trinajstić information content (AvgIpc) is 2.81. The first kappa shape index (κ1) is 31.1. The van der Waals surface area contributed by atoms with Gasteiger partial charge in [-0.1, -0.05) is 0 Å². The minimum absolute atomic E-state index is 0.0246. The van der Waals surface area contributed by atoms with Gasteiger partial charge in [0.2, 0.25) is 0 Å². The van der Waals surface area contributed by atoms with Gasteiger partial charge in [-0.2, -0.15) is 0 Å². The molecule has 0 unspecified atom stereocenters. The van der Waals surface area contributed by atoms with Crippen molar-refractivity contribution in [3.63, 3.8) is 0 Å². The van der Waals surface area contributed by atoms with Gasteiger partial charge in [0, 0.05) is 28.4 Å². The lowest BCUT2D eigenvalue weighted by molar-refractivity contribution is 0.247. The number of fused-ring (bicyclic) bond motifs is 1. The Morgan fingerprint density at radius 1 is 0.583 bits per heavy atom. The topological polar surface area (TPSA) is 205 Å². The zero-order valence-corrected chi connectivity index (χ0v) is 23.7. The Kier molecular flexibility index (Phi) is 9.80. The van der Waals surface area contributed by atoms with E-state index in [1.54, 1.807) is 0 Å². The van der Waals surface area contributed by atoms with E-state index in [2.05, 4.69) is 0 Å². The zero-order valence-electron chi connectivity index (χ0n) is 20.1. The molecule has 18 heteroatoms. The molecule has 0 aromatic heterocycles. The summed E-state index contributed by atoms with van der Waals surface area (Å²) in [6.45, 7) is 0. The molecule has 0 saturated heterocycles. The Labute approximate surface area is 207 Å². The molecule has 0 aliphatic heterocycles. The second-order valence-electron chi connectivity index (χ2n) is 7.27. The predicted octanol–water partition coefficient (Wildman–Crippen LogP) is 4.18. The van der Waals surface area contributed by atoms with Gasteiger partial charge >= 0.3 is 30.4 Å². The highest BCUT2D eigenvalue weighted by atomic mass is 31.2. The van der Waals surface area contributed by atoms with Crippen LogP contribution < -0.4 is 9.47 Å². The normalized spacial score (nSPS) is 13.6. The maximum Gasteiger partial charge on any atom is 0.349 e. The van der Waals surface area contributed by atoms with Gasteiger partial charge < -0.3 is 47.1 Å². The fourth-order valence-corrected chi connectivity index (χ4v) is 11.2. The zero-order chi connectivity index (χ0) is 27.7. The molecule has 0 aliphatic carbocycles. The maximum atomic E-state index is 13.7. The molecule has 0 spiro atoms. The summed E-state index contributed by atoms with van der Waals surface area (Å²) in [5, 5.41) is -4.70. The van der Waals surface area contributed by atoms with Crippen molar-refractivity contribution in [1.29, 1.82) is 0 Å². The summed E-state index contributed by atoms with van der Waals surface area (Å²) in [7, 11) is -13.4. The second kappa shape index (κ2) is 11.3. The van der Waals surface area contributed by atoms with E-state index in [4.69, 9.17) is 27.6 Å². The Balaban J connectivity index is 3.31. The van der Waals surface area contributed by atoms with Gasteiger partial charge in [0.1, 0.15) is 11.5 Å². The fourth-order valence-electron chi connectivity index (χ4n) is 3.79. The van der Waals surface area contributed by atoms with Crippen molar-refractivity contribution < 1.29 is 65.4 Å². The van der Waals surface area contributed by atoms with E-state index in [1.807, 2.05) is 0 Å². The van der Waals surface area contributed by atoms with E-state index in [0.29, 0.717) is 0 Å². The quantitative estimate of drug-likeness (QED) is 0.255. The van der Waals surface area contributed by atoms with Crippen LogP contribution in [0.1, 0.15) is 21.9 Å². The summed E-state index contributed by atoms with van der Waals surface area (Å²) < 4.78 is 83.0. The summed E-state index contributed by atoms with van der Waals surface area (Å²) in [5.41, 5.74) is -0.834. The van der Waals surface area contributed by atoms with Crippen LogP contribution in [0.25, 0.3) is 10.8 Å². The SMILES string of the molecule is COc1cc(C(P(=O)(O)O)P(=O)(O)O)c2c(C(P(=O)(OC)OC)P(=O)(OC)OC)cc(OC)cc2c1. The van der Waals surface area contributed by atoms with Crippen LogP contribution in [0.5, 0.6) is 11.5 Å². The van der Waals surface area contributed by atoms with Crippen LogP contribution in [0.3, 0.4) is 0 Å². The molecule has 2 aromatic carbocycles. The third-order valence-electron chi connectivity index (χ3n) is 5.34. The van der Waals surface area contributed by atoms with Crippen molar-refractivity contribution in [2.45, 2.75) is 10.8 Å². The standard InChI is InChI=1S/C18H28O14P4/c1-27-12-7-11-8-13(28-2)10-15(18(35(25,29-3)30-4)36(26,31-5)32-6)16(11)14(9-12)17(33(19,20)21)34(22,23)24/h7-10,17-18H,1-6H3,(H2,19,20,21)(H2,22,23,24). The molecule has 204 valence electrons. The number of hydrogen-bond acceptors (Lipinski definition) is 10. The smallest absolute Gasteiger partial charge is 0.349 e. The van der Waals surface area contributed by atoms with Crippen LogP contribution in [0.15, 0.2) is 24.3 Å². The highest BCUT2D eigenvalue weighted by Crippen LogP contribution is 2.79. The number of benzene rings is 2. The van der Waals surface area contributed by atoms with Crippen molar-refractivity contribution in [3.8, 4) is 11.5 Å². The minimum atomic E-state index is -5.54. The van der Waals surface area contributed by atoms with Gasteiger partial charge in [0.25, 0.3) is 0 Å².